The lowest BCUT2D eigenvalue weighted by atomic mass is 10.1. The number of halogens is 1. The highest BCUT2D eigenvalue weighted by molar-refractivity contribution is 6.30. The van der Waals surface area contributed by atoms with Crippen LogP contribution >= 0.6 is 11.6 Å². The van der Waals surface area contributed by atoms with Gasteiger partial charge < -0.3 is 4.40 Å². The molecule has 0 aliphatic carbocycles. The number of nitrogens with zero attached hydrogens (tertiary/aromatic N) is 1. The van der Waals surface area contributed by atoms with Crippen molar-refractivity contribution >= 4 is 17.1 Å². The van der Waals surface area contributed by atoms with E-state index < -0.39 is 0 Å². The van der Waals surface area contributed by atoms with Crippen LogP contribution in [0.15, 0.2) is 54.7 Å². The van der Waals surface area contributed by atoms with Gasteiger partial charge in [-0.1, -0.05) is 29.8 Å². The van der Waals surface area contributed by atoms with Gasteiger partial charge in [-0.25, -0.2) is 0 Å². The summed E-state index contributed by atoms with van der Waals surface area (Å²) in [6, 6.07) is 16.4. The standard InChI is InChI=1S/C15H12ClN/c1-11-3-2-4-15-9-13(10-17(11)15)12-5-7-14(16)8-6-12/h2-10H,1H3. The van der Waals surface area contributed by atoms with Gasteiger partial charge in [0.2, 0.25) is 0 Å². The molecule has 0 aliphatic heterocycles. The molecule has 0 radical (unpaired) electrons. The number of aromatic nitrogens is 1. The summed E-state index contributed by atoms with van der Waals surface area (Å²) in [5, 5.41) is 0.772. The van der Waals surface area contributed by atoms with E-state index in [9.17, 15) is 0 Å². The molecule has 0 amide bonds. The lowest BCUT2D eigenvalue weighted by molar-refractivity contribution is 1.10. The molecule has 0 spiro atoms. The monoisotopic (exact) mass is 241 g/mol. The first kappa shape index (κ1) is 10.4. The number of benzene rings is 1. The quantitative estimate of drug-likeness (QED) is 0.588. The number of pyridine rings is 1. The van der Waals surface area contributed by atoms with Gasteiger partial charge >= 0.3 is 0 Å². The first-order valence-electron chi connectivity index (χ1n) is 5.58. The van der Waals surface area contributed by atoms with Gasteiger partial charge in [0, 0.05) is 28.0 Å². The maximum atomic E-state index is 5.90. The van der Waals surface area contributed by atoms with E-state index in [2.05, 4.69) is 41.8 Å². The predicted octanol–water partition coefficient (Wildman–Crippen LogP) is 4.57. The zero-order valence-electron chi connectivity index (χ0n) is 9.52. The van der Waals surface area contributed by atoms with Crippen LogP contribution in [0.3, 0.4) is 0 Å². The highest BCUT2D eigenvalue weighted by atomic mass is 35.5. The van der Waals surface area contributed by atoms with Gasteiger partial charge in [0.1, 0.15) is 0 Å². The smallest absolute Gasteiger partial charge is 0.0459 e. The minimum atomic E-state index is 0.772. The Labute approximate surface area is 105 Å². The SMILES string of the molecule is Cc1cccc2cc(-c3ccc(Cl)cc3)cn12. The van der Waals surface area contributed by atoms with Gasteiger partial charge in [-0.2, -0.15) is 0 Å². The molecule has 0 fully saturated rings. The van der Waals surface area contributed by atoms with Gasteiger partial charge in [0.15, 0.2) is 0 Å². The van der Waals surface area contributed by atoms with Gasteiger partial charge in [-0.15, -0.1) is 0 Å². The van der Waals surface area contributed by atoms with E-state index in [4.69, 9.17) is 11.6 Å². The molecule has 0 N–H and O–H groups in total. The van der Waals surface area contributed by atoms with Crippen LogP contribution in [0.25, 0.3) is 16.6 Å². The van der Waals surface area contributed by atoms with E-state index in [0.29, 0.717) is 0 Å². The first-order chi connectivity index (χ1) is 8.24. The van der Waals surface area contributed by atoms with Crippen LogP contribution in [-0.2, 0) is 0 Å². The van der Waals surface area contributed by atoms with Gasteiger partial charge in [0.25, 0.3) is 0 Å². The van der Waals surface area contributed by atoms with E-state index in [-0.39, 0.29) is 0 Å². The molecule has 0 saturated carbocycles. The second-order valence-electron chi connectivity index (χ2n) is 4.20. The van der Waals surface area contributed by atoms with Crippen molar-refractivity contribution in [1.82, 2.24) is 4.40 Å². The summed E-state index contributed by atoms with van der Waals surface area (Å²) in [6.07, 6.45) is 2.16. The molecule has 0 unspecified atom stereocenters. The summed E-state index contributed by atoms with van der Waals surface area (Å²) in [6.45, 7) is 2.11. The molecular formula is C15H12ClN. The van der Waals surface area contributed by atoms with Crippen molar-refractivity contribution < 1.29 is 0 Å². The van der Waals surface area contributed by atoms with Crippen molar-refractivity contribution in [2.24, 2.45) is 0 Å². The molecule has 1 nitrogen and oxygen atoms in total. The molecule has 17 heavy (non-hydrogen) atoms. The molecular weight excluding hydrogens is 230 g/mol. The fourth-order valence-electron chi connectivity index (χ4n) is 2.08. The van der Waals surface area contributed by atoms with Gasteiger partial charge in [0.05, 0.1) is 0 Å². The third-order valence-electron chi connectivity index (χ3n) is 3.01. The Bertz CT molecular complexity index is 665. The lowest BCUT2D eigenvalue weighted by Crippen LogP contribution is -1.86. The molecule has 2 aromatic heterocycles. The van der Waals surface area contributed by atoms with Crippen LogP contribution in [-0.4, -0.2) is 4.40 Å². The third kappa shape index (κ3) is 1.83. The average molecular weight is 242 g/mol. The van der Waals surface area contributed by atoms with E-state index in [1.165, 1.54) is 22.3 Å². The molecule has 84 valence electrons. The van der Waals surface area contributed by atoms with Crippen LogP contribution in [0.1, 0.15) is 5.69 Å². The van der Waals surface area contributed by atoms with Crippen molar-refractivity contribution in [3.8, 4) is 11.1 Å². The largest absolute Gasteiger partial charge is 0.321 e. The summed E-state index contributed by atoms with van der Waals surface area (Å²) < 4.78 is 2.20. The summed E-state index contributed by atoms with van der Waals surface area (Å²) >= 11 is 5.90. The number of aryl methyl sites for hydroxylation is 1. The molecule has 3 rings (SSSR count). The maximum absolute atomic E-state index is 5.90. The summed E-state index contributed by atoms with van der Waals surface area (Å²) in [7, 11) is 0. The molecule has 1 aromatic carbocycles. The van der Waals surface area contributed by atoms with Crippen LogP contribution < -0.4 is 0 Å². The van der Waals surface area contributed by atoms with E-state index >= 15 is 0 Å². The number of fused-ring (bicyclic) bond motifs is 1. The highest BCUT2D eigenvalue weighted by Gasteiger charge is 2.03. The third-order valence-corrected chi connectivity index (χ3v) is 3.26. The summed E-state index contributed by atoms with van der Waals surface area (Å²) in [5.41, 5.74) is 4.87. The van der Waals surface area contributed by atoms with E-state index in [0.717, 1.165) is 5.02 Å². The minimum Gasteiger partial charge on any atom is -0.321 e. The molecule has 2 heteroatoms. The van der Waals surface area contributed by atoms with Crippen molar-refractivity contribution in [2.75, 3.05) is 0 Å². The molecule has 0 saturated heterocycles. The Morgan fingerprint density at radius 1 is 0.941 bits per heavy atom. The van der Waals surface area contributed by atoms with Crippen LogP contribution in [0, 0.1) is 6.92 Å². The normalized spacial score (nSPS) is 10.9. The van der Waals surface area contributed by atoms with E-state index in [1.807, 2.05) is 24.3 Å². The Morgan fingerprint density at radius 2 is 1.71 bits per heavy atom. The Morgan fingerprint density at radius 3 is 2.41 bits per heavy atom. The van der Waals surface area contributed by atoms with Crippen molar-refractivity contribution in [2.45, 2.75) is 6.92 Å². The maximum Gasteiger partial charge on any atom is 0.0459 e. The predicted molar refractivity (Wildman–Crippen MR) is 72.6 cm³/mol. The minimum absolute atomic E-state index is 0.772. The summed E-state index contributed by atoms with van der Waals surface area (Å²) in [5.74, 6) is 0. The van der Waals surface area contributed by atoms with Gasteiger partial charge in [-0.3, -0.25) is 0 Å². The number of rotatable bonds is 1. The Balaban J connectivity index is 2.18. The van der Waals surface area contributed by atoms with Crippen molar-refractivity contribution in [1.29, 1.82) is 0 Å². The van der Waals surface area contributed by atoms with Crippen molar-refractivity contribution in [3.05, 3.63) is 65.4 Å². The van der Waals surface area contributed by atoms with Crippen LogP contribution in [0.5, 0.6) is 0 Å². The molecule has 3 aromatic rings. The average Bonchev–Trinajstić information content (AvgIpc) is 2.75. The number of hydrogen-bond donors (Lipinski definition) is 0. The zero-order valence-corrected chi connectivity index (χ0v) is 10.3. The fraction of sp³-hybridized carbons (Fsp3) is 0.0667. The van der Waals surface area contributed by atoms with Crippen LogP contribution in [0.4, 0.5) is 0 Å². The van der Waals surface area contributed by atoms with E-state index in [1.54, 1.807) is 0 Å². The first-order valence-corrected chi connectivity index (χ1v) is 5.95. The lowest BCUT2D eigenvalue weighted by Gasteiger charge is -1.98. The summed E-state index contributed by atoms with van der Waals surface area (Å²) in [4.78, 5) is 0. The van der Waals surface area contributed by atoms with Crippen molar-refractivity contribution in [3.63, 3.8) is 0 Å². The topological polar surface area (TPSA) is 4.41 Å². The fourth-order valence-corrected chi connectivity index (χ4v) is 2.21. The molecule has 2 heterocycles. The van der Waals surface area contributed by atoms with Gasteiger partial charge in [-0.05, 0) is 42.8 Å². The Kier molecular flexibility index (Phi) is 2.41. The number of hydrogen-bond acceptors (Lipinski definition) is 0. The molecule has 0 atom stereocenters. The zero-order chi connectivity index (χ0) is 11.8. The molecule has 0 bridgehead atoms. The second kappa shape index (κ2) is 3.94. The Hall–Kier alpha value is -1.73. The second-order valence-corrected chi connectivity index (χ2v) is 4.63. The molecule has 0 aliphatic rings. The highest BCUT2D eigenvalue weighted by Crippen LogP contribution is 2.24. The van der Waals surface area contributed by atoms with Crippen LogP contribution in [0.2, 0.25) is 5.02 Å².